The first-order valence-corrected chi connectivity index (χ1v) is 10.9. The summed E-state index contributed by atoms with van der Waals surface area (Å²) in [6, 6.07) is 25.1. The van der Waals surface area contributed by atoms with Crippen molar-refractivity contribution in [2.45, 2.75) is 19.4 Å². The maximum atomic E-state index is 12.5. The van der Waals surface area contributed by atoms with Gasteiger partial charge in [0.1, 0.15) is 12.4 Å². The molecule has 0 aromatic heterocycles. The van der Waals surface area contributed by atoms with Crippen LogP contribution in [0.5, 0.6) is 5.75 Å². The van der Waals surface area contributed by atoms with Gasteiger partial charge in [0.15, 0.2) is 0 Å². The predicted molar refractivity (Wildman–Crippen MR) is 129 cm³/mol. The van der Waals surface area contributed by atoms with Crippen molar-refractivity contribution < 1.29 is 9.53 Å². The number of hydrogen-bond donors (Lipinski definition) is 1. The molecule has 32 heavy (non-hydrogen) atoms. The summed E-state index contributed by atoms with van der Waals surface area (Å²) in [6.07, 6.45) is 3.88. The van der Waals surface area contributed by atoms with E-state index in [2.05, 4.69) is 40.9 Å². The normalized spacial score (nSPS) is 12.4. The van der Waals surface area contributed by atoms with E-state index >= 15 is 0 Å². The molecule has 0 fully saturated rings. The largest absolute Gasteiger partial charge is 0.489 e. The summed E-state index contributed by atoms with van der Waals surface area (Å²) in [4.78, 5) is 12.5. The van der Waals surface area contributed by atoms with Gasteiger partial charge in [-0.25, -0.2) is 5.43 Å². The van der Waals surface area contributed by atoms with Crippen LogP contribution in [0.15, 0.2) is 84.0 Å². The first kappa shape index (κ1) is 20.3. The Kier molecular flexibility index (Phi) is 5.61. The van der Waals surface area contributed by atoms with Crippen molar-refractivity contribution in [2.75, 3.05) is 0 Å². The van der Waals surface area contributed by atoms with E-state index in [4.69, 9.17) is 16.3 Å². The van der Waals surface area contributed by atoms with Gasteiger partial charge in [-0.2, -0.15) is 5.10 Å². The molecule has 0 saturated heterocycles. The summed E-state index contributed by atoms with van der Waals surface area (Å²) in [5.74, 6) is 0.421. The van der Waals surface area contributed by atoms with Gasteiger partial charge in [0.2, 0.25) is 0 Å². The molecule has 158 valence electrons. The fraction of sp³-hybridized carbons (Fsp3) is 0.111. The van der Waals surface area contributed by atoms with Crippen LogP contribution in [0, 0.1) is 0 Å². The Morgan fingerprint density at radius 3 is 2.47 bits per heavy atom. The molecular weight excluding hydrogens is 420 g/mol. The molecule has 1 amide bonds. The molecule has 0 saturated carbocycles. The highest BCUT2D eigenvalue weighted by molar-refractivity contribution is 6.30. The molecule has 4 nitrogen and oxygen atoms in total. The molecule has 5 rings (SSSR count). The van der Waals surface area contributed by atoms with Gasteiger partial charge in [-0.1, -0.05) is 54.1 Å². The van der Waals surface area contributed by atoms with Crippen LogP contribution in [-0.4, -0.2) is 12.1 Å². The van der Waals surface area contributed by atoms with Crippen molar-refractivity contribution in [3.8, 4) is 5.75 Å². The first-order valence-electron chi connectivity index (χ1n) is 10.5. The average Bonchev–Trinajstić information content (AvgIpc) is 3.25. The van der Waals surface area contributed by atoms with Gasteiger partial charge in [0, 0.05) is 16.1 Å². The molecule has 0 spiro atoms. The number of nitrogens with one attached hydrogen (secondary N) is 1. The summed E-state index contributed by atoms with van der Waals surface area (Å²) < 4.78 is 5.77. The topological polar surface area (TPSA) is 50.7 Å². The fourth-order valence-corrected chi connectivity index (χ4v) is 4.18. The highest BCUT2D eigenvalue weighted by Crippen LogP contribution is 2.32. The van der Waals surface area contributed by atoms with Crippen molar-refractivity contribution in [3.63, 3.8) is 0 Å². The molecule has 0 aliphatic heterocycles. The number of nitrogens with zero attached hydrogens (tertiary/aromatic N) is 1. The number of ether oxygens (including phenoxy) is 1. The zero-order valence-electron chi connectivity index (χ0n) is 17.3. The first-order chi connectivity index (χ1) is 15.7. The smallest absolute Gasteiger partial charge is 0.271 e. The van der Waals surface area contributed by atoms with Crippen molar-refractivity contribution >= 4 is 34.5 Å². The number of rotatable bonds is 6. The zero-order chi connectivity index (χ0) is 21.9. The van der Waals surface area contributed by atoms with Crippen molar-refractivity contribution in [2.24, 2.45) is 5.10 Å². The summed E-state index contributed by atoms with van der Waals surface area (Å²) in [7, 11) is 0. The van der Waals surface area contributed by atoms with E-state index in [1.165, 1.54) is 21.9 Å². The number of benzene rings is 4. The van der Waals surface area contributed by atoms with E-state index in [9.17, 15) is 4.79 Å². The van der Waals surface area contributed by atoms with Gasteiger partial charge in [0.05, 0.1) is 6.21 Å². The Hall–Kier alpha value is -3.63. The summed E-state index contributed by atoms with van der Waals surface area (Å²) in [5.41, 5.74) is 7.92. The summed E-state index contributed by atoms with van der Waals surface area (Å²) in [6.45, 7) is 0.432. The molecule has 0 unspecified atom stereocenters. The number of carbonyl (C=O) groups is 1. The molecule has 5 heteroatoms. The number of hydrazone groups is 1. The quantitative estimate of drug-likeness (QED) is 0.298. The number of aryl methyl sites for hydroxylation is 2. The van der Waals surface area contributed by atoms with Crippen LogP contribution in [0.3, 0.4) is 0 Å². The molecule has 0 atom stereocenters. The van der Waals surface area contributed by atoms with E-state index in [1.54, 1.807) is 30.5 Å². The fourth-order valence-electron chi connectivity index (χ4n) is 4.06. The third kappa shape index (κ3) is 4.23. The molecule has 0 heterocycles. The maximum absolute atomic E-state index is 12.5. The van der Waals surface area contributed by atoms with Gasteiger partial charge in [-0.05, 0) is 76.7 Å². The van der Waals surface area contributed by atoms with E-state index in [0.29, 0.717) is 22.9 Å². The highest BCUT2D eigenvalue weighted by Gasteiger charge is 2.15. The summed E-state index contributed by atoms with van der Waals surface area (Å²) in [5, 5.41) is 7.39. The standard InChI is InChI=1S/C27H21ClN2O2/c28-23-12-4-18(5-13-23)17-32-24-14-10-21(11-15-24)27(31)30-29-16-22-9-8-20-7-6-19-2-1-3-25(22)26(19)20/h1-5,8-16H,6-7,17H2,(H,30,31)/b29-16+. The lowest BCUT2D eigenvalue weighted by atomic mass is 10.0. The van der Waals surface area contributed by atoms with Crippen LogP contribution < -0.4 is 10.2 Å². The maximum Gasteiger partial charge on any atom is 0.271 e. The minimum Gasteiger partial charge on any atom is -0.489 e. The van der Waals surface area contributed by atoms with Crippen LogP contribution in [0.4, 0.5) is 0 Å². The Bertz CT molecular complexity index is 1300. The number of amides is 1. The van der Waals surface area contributed by atoms with Gasteiger partial charge in [-0.15, -0.1) is 0 Å². The van der Waals surface area contributed by atoms with E-state index in [1.807, 2.05) is 24.3 Å². The minimum atomic E-state index is -0.267. The zero-order valence-corrected chi connectivity index (χ0v) is 18.1. The predicted octanol–water partition coefficient (Wildman–Crippen LogP) is 5.93. The van der Waals surface area contributed by atoms with Crippen molar-refractivity contribution in [1.82, 2.24) is 5.43 Å². The van der Waals surface area contributed by atoms with Gasteiger partial charge in [-0.3, -0.25) is 4.79 Å². The van der Waals surface area contributed by atoms with Crippen LogP contribution in [0.25, 0.3) is 10.8 Å². The highest BCUT2D eigenvalue weighted by atomic mass is 35.5. The Balaban J connectivity index is 1.22. The van der Waals surface area contributed by atoms with Gasteiger partial charge < -0.3 is 4.74 Å². The van der Waals surface area contributed by atoms with Crippen molar-refractivity contribution in [3.05, 3.63) is 112 Å². The average molecular weight is 441 g/mol. The van der Waals surface area contributed by atoms with Crippen LogP contribution >= 0.6 is 11.6 Å². The van der Waals surface area contributed by atoms with Crippen LogP contribution in [-0.2, 0) is 19.4 Å². The van der Waals surface area contributed by atoms with Gasteiger partial charge in [0.25, 0.3) is 5.91 Å². The lowest BCUT2D eigenvalue weighted by molar-refractivity contribution is 0.0955. The second kappa shape index (κ2) is 8.85. The molecular formula is C27H21ClN2O2. The molecule has 1 aliphatic rings. The Morgan fingerprint density at radius 1 is 0.938 bits per heavy atom. The third-order valence-corrected chi connectivity index (χ3v) is 5.97. The summed E-state index contributed by atoms with van der Waals surface area (Å²) >= 11 is 5.90. The molecule has 0 bridgehead atoms. The number of carbonyl (C=O) groups excluding carboxylic acids is 1. The van der Waals surface area contributed by atoms with Gasteiger partial charge >= 0.3 is 0 Å². The number of hydrogen-bond acceptors (Lipinski definition) is 3. The van der Waals surface area contributed by atoms with Crippen molar-refractivity contribution in [1.29, 1.82) is 0 Å². The van der Waals surface area contributed by atoms with Crippen LogP contribution in [0.1, 0.15) is 32.6 Å². The van der Waals surface area contributed by atoms with E-state index in [-0.39, 0.29) is 5.91 Å². The lowest BCUT2D eigenvalue weighted by Crippen LogP contribution is -2.17. The van der Waals surface area contributed by atoms with E-state index in [0.717, 1.165) is 24.0 Å². The molecule has 1 N–H and O–H groups in total. The van der Waals surface area contributed by atoms with Crippen LogP contribution in [0.2, 0.25) is 5.02 Å². The monoisotopic (exact) mass is 440 g/mol. The third-order valence-electron chi connectivity index (χ3n) is 5.72. The minimum absolute atomic E-state index is 0.267. The van der Waals surface area contributed by atoms with E-state index < -0.39 is 0 Å². The molecule has 4 aromatic carbocycles. The Morgan fingerprint density at radius 2 is 1.69 bits per heavy atom. The second-order valence-electron chi connectivity index (χ2n) is 7.79. The molecule has 1 aliphatic carbocycles. The lowest BCUT2D eigenvalue weighted by Gasteiger charge is -2.07. The molecule has 4 aromatic rings. The second-order valence-corrected chi connectivity index (χ2v) is 8.23. The number of halogens is 1. The molecule has 0 radical (unpaired) electrons. The SMILES string of the molecule is O=C(N/N=C/c1ccc2c3c(cccc13)CC2)c1ccc(OCc2ccc(Cl)cc2)cc1. The Labute approximate surface area is 191 Å².